The van der Waals surface area contributed by atoms with Gasteiger partial charge in [0.1, 0.15) is 5.25 Å². The molecular weight excluding hydrogens is 228 g/mol. The van der Waals surface area contributed by atoms with E-state index in [1.54, 1.807) is 24.3 Å². The highest BCUT2D eigenvalue weighted by molar-refractivity contribution is 7.89. The molecule has 2 rings (SSSR count). The minimum Gasteiger partial charge on any atom is -0.336 e. The third kappa shape index (κ3) is 2.07. The zero-order chi connectivity index (χ0) is 11.8. The van der Waals surface area contributed by atoms with Gasteiger partial charge in [-0.3, -0.25) is 4.79 Å². The Morgan fingerprint density at radius 1 is 1.25 bits per heavy atom. The van der Waals surface area contributed by atoms with E-state index in [1.165, 1.54) is 4.90 Å². The highest BCUT2D eigenvalue weighted by Gasteiger charge is 2.37. The second kappa shape index (κ2) is 3.88. The Morgan fingerprint density at radius 2 is 1.81 bits per heavy atom. The molecule has 0 radical (unpaired) electrons. The van der Waals surface area contributed by atoms with Gasteiger partial charge in [-0.1, -0.05) is 18.2 Å². The molecule has 16 heavy (non-hydrogen) atoms. The van der Waals surface area contributed by atoms with E-state index in [-0.39, 0.29) is 19.0 Å². The van der Waals surface area contributed by atoms with Crippen LogP contribution in [0.4, 0.5) is 0 Å². The number of amides is 1. The van der Waals surface area contributed by atoms with Crippen LogP contribution in [0.1, 0.15) is 10.4 Å². The number of benzene rings is 1. The quantitative estimate of drug-likeness (QED) is 0.777. The Morgan fingerprint density at radius 3 is 2.31 bits per heavy atom. The number of nitrogens with zero attached hydrogens (tertiary/aromatic N) is 1. The van der Waals surface area contributed by atoms with Crippen LogP contribution in [0.2, 0.25) is 0 Å². The lowest BCUT2D eigenvalue weighted by Gasteiger charge is -2.37. The van der Waals surface area contributed by atoms with Crippen LogP contribution in [-0.4, -0.2) is 37.6 Å². The summed E-state index contributed by atoms with van der Waals surface area (Å²) in [5.41, 5.74) is 0.565. The molecule has 0 saturated carbocycles. The second-order valence-electron chi connectivity index (χ2n) is 3.79. The lowest BCUT2D eigenvalue weighted by Crippen LogP contribution is -2.58. The molecule has 1 saturated heterocycles. The SMILES string of the molecule is NS(=O)(=O)C1CN(C(=O)c2ccccc2)C1. The van der Waals surface area contributed by atoms with Crippen molar-refractivity contribution in [3.8, 4) is 0 Å². The number of nitrogens with two attached hydrogens (primary N) is 1. The summed E-state index contributed by atoms with van der Waals surface area (Å²) >= 11 is 0. The van der Waals surface area contributed by atoms with Gasteiger partial charge in [-0.25, -0.2) is 13.6 Å². The van der Waals surface area contributed by atoms with E-state index >= 15 is 0 Å². The van der Waals surface area contributed by atoms with Crippen LogP contribution in [-0.2, 0) is 10.0 Å². The number of carbonyl (C=O) groups is 1. The molecular formula is C10H12N2O3S. The average molecular weight is 240 g/mol. The van der Waals surface area contributed by atoms with Gasteiger partial charge in [0.2, 0.25) is 10.0 Å². The van der Waals surface area contributed by atoms with Crippen molar-refractivity contribution < 1.29 is 13.2 Å². The summed E-state index contributed by atoms with van der Waals surface area (Å²) in [6.07, 6.45) is 0. The van der Waals surface area contributed by atoms with Crippen molar-refractivity contribution in [3.63, 3.8) is 0 Å². The van der Waals surface area contributed by atoms with Crippen molar-refractivity contribution in [2.75, 3.05) is 13.1 Å². The van der Waals surface area contributed by atoms with E-state index in [1.807, 2.05) is 6.07 Å². The lowest BCUT2D eigenvalue weighted by molar-refractivity contribution is 0.0659. The topological polar surface area (TPSA) is 80.5 Å². The number of rotatable bonds is 2. The highest BCUT2D eigenvalue weighted by atomic mass is 32.2. The first-order valence-electron chi connectivity index (χ1n) is 4.84. The average Bonchev–Trinajstić information content (AvgIpc) is 2.14. The molecule has 0 atom stereocenters. The first-order chi connectivity index (χ1) is 7.48. The van der Waals surface area contributed by atoms with Gasteiger partial charge in [-0.05, 0) is 12.1 Å². The first-order valence-corrected chi connectivity index (χ1v) is 6.45. The molecule has 1 fully saturated rings. The molecule has 5 nitrogen and oxygen atoms in total. The Bertz CT molecular complexity index is 492. The van der Waals surface area contributed by atoms with E-state index in [2.05, 4.69) is 0 Å². The molecule has 1 aliphatic rings. The highest BCUT2D eigenvalue weighted by Crippen LogP contribution is 2.17. The Labute approximate surface area is 93.9 Å². The van der Waals surface area contributed by atoms with Crippen molar-refractivity contribution in [1.82, 2.24) is 4.90 Å². The normalized spacial score (nSPS) is 16.9. The number of sulfonamides is 1. The van der Waals surface area contributed by atoms with Crippen LogP contribution < -0.4 is 5.14 Å². The predicted molar refractivity (Wildman–Crippen MR) is 59.2 cm³/mol. The van der Waals surface area contributed by atoms with Gasteiger partial charge in [0.15, 0.2) is 0 Å². The van der Waals surface area contributed by atoms with Crippen LogP contribution in [0.5, 0.6) is 0 Å². The second-order valence-corrected chi connectivity index (χ2v) is 5.63. The molecule has 86 valence electrons. The summed E-state index contributed by atoms with van der Waals surface area (Å²) in [5, 5.41) is 4.37. The van der Waals surface area contributed by atoms with Crippen LogP contribution in [0, 0.1) is 0 Å². The van der Waals surface area contributed by atoms with Gasteiger partial charge in [-0.15, -0.1) is 0 Å². The van der Waals surface area contributed by atoms with Gasteiger partial charge in [-0.2, -0.15) is 0 Å². The number of primary sulfonamides is 1. The molecule has 0 unspecified atom stereocenters. The third-order valence-electron chi connectivity index (χ3n) is 2.62. The van der Waals surface area contributed by atoms with Crippen molar-refractivity contribution in [3.05, 3.63) is 35.9 Å². The summed E-state index contributed by atoms with van der Waals surface area (Å²) in [6, 6.07) is 8.76. The van der Waals surface area contributed by atoms with Crippen molar-refractivity contribution in [1.29, 1.82) is 0 Å². The fourth-order valence-corrected chi connectivity index (χ4v) is 2.35. The van der Waals surface area contributed by atoms with Gasteiger partial charge in [0.05, 0.1) is 0 Å². The predicted octanol–water partition coefficient (Wildman–Crippen LogP) is -0.200. The molecule has 1 aromatic carbocycles. The molecule has 1 aromatic rings. The Balaban J connectivity index is 2.01. The molecule has 2 N–H and O–H groups in total. The van der Waals surface area contributed by atoms with Crippen LogP contribution in [0.3, 0.4) is 0 Å². The summed E-state index contributed by atoms with van der Waals surface area (Å²) in [4.78, 5) is 13.3. The maximum Gasteiger partial charge on any atom is 0.253 e. The lowest BCUT2D eigenvalue weighted by atomic mass is 10.1. The Hall–Kier alpha value is -1.40. The zero-order valence-electron chi connectivity index (χ0n) is 8.54. The van der Waals surface area contributed by atoms with Crippen LogP contribution >= 0.6 is 0 Å². The minimum absolute atomic E-state index is 0.152. The van der Waals surface area contributed by atoms with Crippen LogP contribution in [0.15, 0.2) is 30.3 Å². The summed E-state index contributed by atoms with van der Waals surface area (Å²) in [5.74, 6) is -0.152. The van der Waals surface area contributed by atoms with E-state index in [4.69, 9.17) is 5.14 Å². The first kappa shape index (κ1) is 11.1. The number of carbonyl (C=O) groups excluding carboxylic acids is 1. The molecule has 0 spiro atoms. The summed E-state index contributed by atoms with van der Waals surface area (Å²) < 4.78 is 21.9. The van der Waals surface area contributed by atoms with Gasteiger partial charge in [0.25, 0.3) is 5.91 Å². The van der Waals surface area contributed by atoms with Crippen molar-refractivity contribution >= 4 is 15.9 Å². The van der Waals surface area contributed by atoms with Crippen molar-refractivity contribution in [2.24, 2.45) is 5.14 Å². The Kier molecular flexibility index (Phi) is 2.69. The molecule has 1 heterocycles. The third-order valence-corrected chi connectivity index (χ3v) is 3.85. The van der Waals surface area contributed by atoms with E-state index in [9.17, 15) is 13.2 Å². The maximum atomic E-state index is 11.8. The maximum absolute atomic E-state index is 11.8. The smallest absolute Gasteiger partial charge is 0.253 e. The largest absolute Gasteiger partial charge is 0.336 e. The van der Waals surface area contributed by atoms with Gasteiger partial charge >= 0.3 is 0 Å². The fourth-order valence-electron chi connectivity index (χ4n) is 1.58. The number of hydrogen-bond donors (Lipinski definition) is 1. The molecule has 0 bridgehead atoms. The molecule has 6 heteroatoms. The minimum atomic E-state index is -3.51. The van der Waals surface area contributed by atoms with E-state index in [0.717, 1.165) is 0 Å². The van der Waals surface area contributed by atoms with E-state index < -0.39 is 15.3 Å². The number of hydrogen-bond acceptors (Lipinski definition) is 3. The molecule has 0 aromatic heterocycles. The zero-order valence-corrected chi connectivity index (χ0v) is 9.35. The standard InChI is InChI=1S/C10H12N2O3S/c11-16(14,15)9-6-12(7-9)10(13)8-4-2-1-3-5-8/h1-5,9H,6-7H2,(H2,11,14,15). The van der Waals surface area contributed by atoms with E-state index in [0.29, 0.717) is 5.56 Å². The van der Waals surface area contributed by atoms with Crippen molar-refractivity contribution in [2.45, 2.75) is 5.25 Å². The monoisotopic (exact) mass is 240 g/mol. The summed E-state index contributed by atoms with van der Waals surface area (Å²) in [6.45, 7) is 0.374. The number of likely N-dealkylation sites (tertiary alicyclic amines) is 1. The van der Waals surface area contributed by atoms with Gasteiger partial charge < -0.3 is 4.90 Å². The summed E-state index contributed by atoms with van der Waals surface area (Å²) in [7, 11) is -3.51. The molecule has 1 amide bonds. The van der Waals surface area contributed by atoms with Crippen LogP contribution in [0.25, 0.3) is 0 Å². The fraction of sp³-hybridized carbons (Fsp3) is 0.300. The molecule has 1 aliphatic heterocycles. The van der Waals surface area contributed by atoms with Gasteiger partial charge in [0, 0.05) is 18.7 Å². The molecule has 0 aliphatic carbocycles.